The van der Waals surface area contributed by atoms with Crippen LogP contribution < -0.4 is 10.6 Å². The van der Waals surface area contributed by atoms with Crippen molar-refractivity contribution in [2.75, 3.05) is 19.7 Å². The highest BCUT2D eigenvalue weighted by atomic mass is 16.5. The summed E-state index contributed by atoms with van der Waals surface area (Å²) in [5, 5.41) is 5.92. The zero-order chi connectivity index (χ0) is 13.2. The Morgan fingerprint density at radius 1 is 1.44 bits per heavy atom. The molecule has 0 saturated heterocycles. The van der Waals surface area contributed by atoms with Crippen LogP contribution in [0, 0.1) is 0 Å². The monoisotopic (exact) mass is 254 g/mol. The van der Waals surface area contributed by atoms with Crippen LogP contribution in [0.5, 0.6) is 0 Å². The third kappa shape index (κ3) is 6.17. The SMILES string of the molecule is C=CCNC(=O)C(C)NCCOC1CCCCC1. The van der Waals surface area contributed by atoms with Gasteiger partial charge in [-0.2, -0.15) is 0 Å². The van der Waals surface area contributed by atoms with E-state index in [1.54, 1.807) is 6.08 Å². The molecule has 0 radical (unpaired) electrons. The van der Waals surface area contributed by atoms with Crippen LogP contribution in [0.25, 0.3) is 0 Å². The third-order valence-corrected chi connectivity index (χ3v) is 3.27. The van der Waals surface area contributed by atoms with Gasteiger partial charge in [-0.15, -0.1) is 6.58 Å². The lowest BCUT2D eigenvalue weighted by molar-refractivity contribution is -0.122. The van der Waals surface area contributed by atoms with Gasteiger partial charge in [-0.25, -0.2) is 0 Å². The van der Waals surface area contributed by atoms with E-state index in [1.807, 2.05) is 6.92 Å². The maximum Gasteiger partial charge on any atom is 0.237 e. The van der Waals surface area contributed by atoms with Crippen molar-refractivity contribution in [2.24, 2.45) is 0 Å². The molecule has 0 aliphatic heterocycles. The van der Waals surface area contributed by atoms with Crippen molar-refractivity contribution in [1.82, 2.24) is 10.6 Å². The molecule has 1 atom stereocenters. The van der Waals surface area contributed by atoms with Gasteiger partial charge in [-0.3, -0.25) is 4.79 Å². The van der Waals surface area contributed by atoms with Crippen molar-refractivity contribution in [3.8, 4) is 0 Å². The molecule has 0 spiro atoms. The third-order valence-electron chi connectivity index (χ3n) is 3.27. The van der Waals surface area contributed by atoms with Crippen LogP contribution in [-0.4, -0.2) is 37.7 Å². The molecule has 1 fully saturated rings. The van der Waals surface area contributed by atoms with Gasteiger partial charge >= 0.3 is 0 Å². The molecule has 1 amide bonds. The Kier molecular flexibility index (Phi) is 7.69. The van der Waals surface area contributed by atoms with Crippen LogP contribution in [-0.2, 0) is 9.53 Å². The highest BCUT2D eigenvalue weighted by molar-refractivity contribution is 5.81. The van der Waals surface area contributed by atoms with Gasteiger partial charge in [0.25, 0.3) is 0 Å². The van der Waals surface area contributed by atoms with E-state index in [1.165, 1.54) is 32.1 Å². The van der Waals surface area contributed by atoms with E-state index in [0.29, 0.717) is 19.3 Å². The molecule has 18 heavy (non-hydrogen) atoms. The Morgan fingerprint density at radius 3 is 2.83 bits per heavy atom. The van der Waals surface area contributed by atoms with E-state index >= 15 is 0 Å². The average molecular weight is 254 g/mol. The van der Waals surface area contributed by atoms with E-state index in [9.17, 15) is 4.79 Å². The lowest BCUT2D eigenvalue weighted by atomic mass is 9.98. The first-order valence-electron chi connectivity index (χ1n) is 6.97. The predicted molar refractivity (Wildman–Crippen MR) is 73.5 cm³/mol. The van der Waals surface area contributed by atoms with Gasteiger partial charge in [0.05, 0.1) is 18.8 Å². The average Bonchev–Trinajstić information content (AvgIpc) is 2.41. The molecular weight excluding hydrogens is 228 g/mol. The number of carbonyl (C=O) groups excluding carboxylic acids is 1. The minimum absolute atomic E-state index is 0.00701. The second kappa shape index (κ2) is 9.11. The number of hydrogen-bond donors (Lipinski definition) is 2. The molecule has 0 aromatic rings. The molecule has 0 heterocycles. The van der Waals surface area contributed by atoms with Crippen molar-refractivity contribution < 1.29 is 9.53 Å². The number of carbonyl (C=O) groups is 1. The fourth-order valence-electron chi connectivity index (χ4n) is 2.15. The van der Waals surface area contributed by atoms with Crippen molar-refractivity contribution in [3.05, 3.63) is 12.7 Å². The molecular formula is C14H26N2O2. The van der Waals surface area contributed by atoms with Gasteiger partial charge < -0.3 is 15.4 Å². The predicted octanol–water partition coefficient (Wildman–Crippen LogP) is 1.62. The lowest BCUT2D eigenvalue weighted by Crippen LogP contribution is -2.43. The quantitative estimate of drug-likeness (QED) is 0.511. The summed E-state index contributed by atoms with van der Waals surface area (Å²) in [5.41, 5.74) is 0. The van der Waals surface area contributed by atoms with Crippen molar-refractivity contribution >= 4 is 5.91 Å². The van der Waals surface area contributed by atoms with Gasteiger partial charge in [0, 0.05) is 13.1 Å². The lowest BCUT2D eigenvalue weighted by Gasteiger charge is -2.22. The number of rotatable bonds is 8. The van der Waals surface area contributed by atoms with Crippen LogP contribution in [0.2, 0.25) is 0 Å². The smallest absolute Gasteiger partial charge is 0.237 e. The Morgan fingerprint density at radius 2 is 2.17 bits per heavy atom. The fraction of sp³-hybridized carbons (Fsp3) is 0.786. The maximum atomic E-state index is 11.5. The molecule has 2 N–H and O–H groups in total. The van der Waals surface area contributed by atoms with Gasteiger partial charge in [0.1, 0.15) is 0 Å². The summed E-state index contributed by atoms with van der Waals surface area (Å²) < 4.78 is 5.78. The summed E-state index contributed by atoms with van der Waals surface area (Å²) in [6.07, 6.45) is 8.42. The van der Waals surface area contributed by atoms with Crippen molar-refractivity contribution in [1.29, 1.82) is 0 Å². The first-order chi connectivity index (χ1) is 8.74. The highest BCUT2D eigenvalue weighted by Gasteiger charge is 2.14. The summed E-state index contributed by atoms with van der Waals surface area (Å²) >= 11 is 0. The first kappa shape index (κ1) is 15.2. The van der Waals surface area contributed by atoms with E-state index in [0.717, 1.165) is 6.54 Å². The molecule has 104 valence electrons. The van der Waals surface area contributed by atoms with Crippen LogP contribution >= 0.6 is 0 Å². The zero-order valence-corrected chi connectivity index (χ0v) is 11.4. The fourth-order valence-corrected chi connectivity index (χ4v) is 2.15. The van der Waals surface area contributed by atoms with Crippen molar-refractivity contribution in [2.45, 2.75) is 51.2 Å². The van der Waals surface area contributed by atoms with Gasteiger partial charge in [-0.05, 0) is 19.8 Å². The molecule has 1 aliphatic carbocycles. The molecule has 1 unspecified atom stereocenters. The largest absolute Gasteiger partial charge is 0.377 e. The minimum atomic E-state index is -0.181. The Hall–Kier alpha value is -0.870. The zero-order valence-electron chi connectivity index (χ0n) is 11.4. The summed E-state index contributed by atoms with van der Waals surface area (Å²) in [4.78, 5) is 11.5. The maximum absolute atomic E-state index is 11.5. The Balaban J connectivity index is 2.02. The van der Waals surface area contributed by atoms with Gasteiger partial charge in [0.2, 0.25) is 5.91 Å². The summed E-state index contributed by atoms with van der Waals surface area (Å²) in [6, 6.07) is -0.181. The molecule has 4 nitrogen and oxygen atoms in total. The van der Waals surface area contributed by atoms with E-state index in [-0.39, 0.29) is 11.9 Å². The van der Waals surface area contributed by atoms with E-state index in [4.69, 9.17) is 4.74 Å². The van der Waals surface area contributed by atoms with E-state index in [2.05, 4.69) is 17.2 Å². The normalized spacial score (nSPS) is 18.3. The van der Waals surface area contributed by atoms with Crippen molar-refractivity contribution in [3.63, 3.8) is 0 Å². The second-order valence-electron chi connectivity index (χ2n) is 4.84. The number of ether oxygens (including phenoxy) is 1. The minimum Gasteiger partial charge on any atom is -0.377 e. The molecule has 1 rings (SSSR count). The van der Waals surface area contributed by atoms with Crippen LogP contribution in [0.3, 0.4) is 0 Å². The molecule has 0 bridgehead atoms. The number of nitrogens with one attached hydrogen (secondary N) is 2. The molecule has 1 aliphatic rings. The summed E-state index contributed by atoms with van der Waals surface area (Å²) in [7, 11) is 0. The molecule has 0 aromatic carbocycles. The summed E-state index contributed by atoms with van der Waals surface area (Å²) in [6.45, 7) is 7.35. The number of amides is 1. The first-order valence-corrected chi connectivity index (χ1v) is 6.97. The van der Waals surface area contributed by atoms with Gasteiger partial charge in [0.15, 0.2) is 0 Å². The van der Waals surface area contributed by atoms with Crippen LogP contribution in [0.4, 0.5) is 0 Å². The Labute approximate surface area is 110 Å². The standard InChI is InChI=1S/C14H26N2O2/c1-3-9-16-14(17)12(2)15-10-11-18-13-7-5-4-6-8-13/h3,12-13,15H,1,4-11H2,2H3,(H,16,17). The van der Waals surface area contributed by atoms with Gasteiger partial charge in [-0.1, -0.05) is 25.3 Å². The van der Waals surface area contributed by atoms with Crippen LogP contribution in [0.15, 0.2) is 12.7 Å². The summed E-state index contributed by atoms with van der Waals surface area (Å²) in [5.74, 6) is 0.00701. The van der Waals surface area contributed by atoms with Crippen LogP contribution in [0.1, 0.15) is 39.0 Å². The molecule has 1 saturated carbocycles. The number of hydrogen-bond acceptors (Lipinski definition) is 3. The topological polar surface area (TPSA) is 50.4 Å². The van der Waals surface area contributed by atoms with E-state index < -0.39 is 0 Å². The molecule has 4 heteroatoms. The Bertz CT molecular complexity index is 250. The highest BCUT2D eigenvalue weighted by Crippen LogP contribution is 2.19. The molecule has 0 aromatic heterocycles. The second-order valence-corrected chi connectivity index (χ2v) is 4.84.